The van der Waals surface area contributed by atoms with Gasteiger partial charge in [-0.15, -0.1) is 4.67 Å². The smallest absolute Gasteiger partial charge is 0.371 e. The quantitative estimate of drug-likeness (QED) is 0.0878. The maximum atomic E-state index is 10.4. The van der Waals surface area contributed by atoms with Gasteiger partial charge in [0.2, 0.25) is 0 Å². The molecule has 1 aliphatic rings. The Balaban J connectivity index is 1.75. The molecule has 0 aliphatic heterocycles. The van der Waals surface area contributed by atoms with Gasteiger partial charge in [0.1, 0.15) is 0 Å². The Morgan fingerprint density at radius 1 is 0.774 bits per heavy atom. The van der Waals surface area contributed by atoms with Gasteiger partial charge in [0.25, 0.3) is 0 Å². The summed E-state index contributed by atoms with van der Waals surface area (Å²) in [5, 5.41) is 0. The molecule has 2 unspecified atom stereocenters. The maximum Gasteiger partial charge on any atom is 0.496 e. The molecule has 2 atom stereocenters. The van der Waals surface area contributed by atoms with E-state index in [9.17, 15) is 4.57 Å². The highest BCUT2D eigenvalue weighted by Crippen LogP contribution is 2.35. The molecule has 0 aromatic carbocycles. The summed E-state index contributed by atoms with van der Waals surface area (Å²) in [5.41, 5.74) is -0.133. The molecule has 7 heteroatoms. The minimum Gasteiger partial charge on any atom is -0.371 e. The van der Waals surface area contributed by atoms with Gasteiger partial charge in [-0.05, 0) is 19.8 Å². The monoisotopic (exact) mass is 460 g/mol. The SMILES string of the molecule is CC1C=CC=CC1(C)OCCCCCCCCCCCCCCCCOOP(=O)(O)O. The predicted octanol–water partition coefficient (Wildman–Crippen LogP) is 7.03. The van der Waals surface area contributed by atoms with Gasteiger partial charge in [-0.1, -0.05) is 108 Å². The summed E-state index contributed by atoms with van der Waals surface area (Å²) in [6, 6.07) is 0. The molecule has 0 amide bonds. The zero-order valence-electron chi connectivity index (χ0n) is 19.7. The van der Waals surface area contributed by atoms with Gasteiger partial charge in [0, 0.05) is 12.5 Å². The number of phosphoric acid groups is 1. The third-order valence-corrected chi connectivity index (χ3v) is 6.33. The van der Waals surface area contributed by atoms with Gasteiger partial charge in [0.05, 0.1) is 12.2 Å². The molecule has 0 radical (unpaired) electrons. The van der Waals surface area contributed by atoms with E-state index in [1.807, 2.05) is 0 Å². The van der Waals surface area contributed by atoms with E-state index >= 15 is 0 Å². The second-order valence-corrected chi connectivity index (χ2v) is 10.0. The highest BCUT2D eigenvalue weighted by atomic mass is 31.2. The van der Waals surface area contributed by atoms with Gasteiger partial charge < -0.3 is 14.5 Å². The lowest BCUT2D eigenvalue weighted by molar-refractivity contribution is -0.222. The molecule has 2 N–H and O–H groups in total. The summed E-state index contributed by atoms with van der Waals surface area (Å²) in [6.45, 7) is 5.48. The molecular formula is C24H45O6P. The Kier molecular flexibility index (Phi) is 15.7. The first-order valence-corrected chi connectivity index (χ1v) is 13.7. The maximum absolute atomic E-state index is 10.4. The van der Waals surface area contributed by atoms with Gasteiger partial charge in [-0.25, -0.2) is 9.45 Å². The van der Waals surface area contributed by atoms with Crippen molar-refractivity contribution in [3.8, 4) is 0 Å². The fourth-order valence-corrected chi connectivity index (χ4v) is 3.99. The minimum atomic E-state index is -4.50. The van der Waals surface area contributed by atoms with E-state index in [0.717, 1.165) is 32.3 Å². The topological polar surface area (TPSA) is 85.2 Å². The first-order valence-electron chi connectivity index (χ1n) is 12.2. The van der Waals surface area contributed by atoms with Crippen molar-refractivity contribution in [3.05, 3.63) is 24.3 Å². The number of hydrogen-bond acceptors (Lipinski definition) is 4. The average molecular weight is 461 g/mol. The average Bonchev–Trinajstić information content (AvgIpc) is 2.71. The number of hydrogen-bond donors (Lipinski definition) is 2. The molecule has 182 valence electrons. The molecule has 0 bridgehead atoms. The van der Waals surface area contributed by atoms with Gasteiger partial charge in [-0.2, -0.15) is 0 Å². The van der Waals surface area contributed by atoms with Crippen LogP contribution in [0.2, 0.25) is 0 Å². The Hall–Kier alpha value is -0.490. The van der Waals surface area contributed by atoms with Gasteiger partial charge in [0.15, 0.2) is 0 Å². The first-order chi connectivity index (χ1) is 14.8. The van der Waals surface area contributed by atoms with Crippen LogP contribution in [0.1, 0.15) is 104 Å². The van der Waals surface area contributed by atoms with Crippen molar-refractivity contribution in [2.45, 2.75) is 109 Å². The highest BCUT2D eigenvalue weighted by Gasteiger charge is 2.28. The lowest BCUT2D eigenvalue weighted by Gasteiger charge is -2.33. The highest BCUT2D eigenvalue weighted by molar-refractivity contribution is 7.46. The van der Waals surface area contributed by atoms with Crippen molar-refractivity contribution in [3.63, 3.8) is 0 Å². The molecule has 6 nitrogen and oxygen atoms in total. The van der Waals surface area contributed by atoms with Crippen LogP contribution in [0.25, 0.3) is 0 Å². The molecule has 0 aromatic heterocycles. The van der Waals surface area contributed by atoms with Crippen molar-refractivity contribution in [2.75, 3.05) is 13.2 Å². The Morgan fingerprint density at radius 2 is 1.23 bits per heavy atom. The van der Waals surface area contributed by atoms with Crippen LogP contribution in [0.15, 0.2) is 24.3 Å². The zero-order valence-corrected chi connectivity index (χ0v) is 20.6. The van der Waals surface area contributed by atoms with Crippen LogP contribution in [-0.2, 0) is 18.9 Å². The lowest BCUT2D eigenvalue weighted by atomic mass is 9.87. The molecular weight excluding hydrogens is 415 g/mol. The van der Waals surface area contributed by atoms with Gasteiger partial charge in [-0.3, -0.25) is 0 Å². The van der Waals surface area contributed by atoms with Crippen LogP contribution in [-0.4, -0.2) is 28.6 Å². The molecule has 0 fully saturated rings. The summed E-state index contributed by atoms with van der Waals surface area (Å²) in [5.74, 6) is 0.440. The molecule has 0 aromatic rings. The van der Waals surface area contributed by atoms with Crippen LogP contribution < -0.4 is 0 Å². The van der Waals surface area contributed by atoms with E-state index in [-0.39, 0.29) is 12.2 Å². The summed E-state index contributed by atoms with van der Waals surface area (Å²) in [6.07, 6.45) is 25.7. The third-order valence-electron chi connectivity index (χ3n) is 6.03. The van der Waals surface area contributed by atoms with Crippen molar-refractivity contribution < 1.29 is 28.7 Å². The van der Waals surface area contributed by atoms with Crippen LogP contribution in [0, 0.1) is 5.92 Å². The second kappa shape index (κ2) is 17.0. The van der Waals surface area contributed by atoms with Crippen LogP contribution in [0.3, 0.4) is 0 Å². The molecule has 0 saturated heterocycles. The Morgan fingerprint density at radius 3 is 1.68 bits per heavy atom. The minimum absolute atomic E-state index is 0.133. The molecule has 0 heterocycles. The van der Waals surface area contributed by atoms with Crippen molar-refractivity contribution >= 4 is 7.82 Å². The summed E-state index contributed by atoms with van der Waals surface area (Å²) in [4.78, 5) is 21.4. The largest absolute Gasteiger partial charge is 0.496 e. The summed E-state index contributed by atoms with van der Waals surface area (Å²) < 4.78 is 20.5. The molecule has 0 spiro atoms. The molecule has 1 rings (SSSR count). The summed E-state index contributed by atoms with van der Waals surface area (Å²) in [7, 11) is -4.50. The number of unbranched alkanes of at least 4 members (excludes halogenated alkanes) is 13. The number of rotatable bonds is 20. The molecule has 31 heavy (non-hydrogen) atoms. The van der Waals surface area contributed by atoms with E-state index in [1.165, 1.54) is 64.2 Å². The Bertz CT molecular complexity index is 544. The fraction of sp³-hybridized carbons (Fsp3) is 0.833. The fourth-order valence-electron chi connectivity index (χ4n) is 3.78. The van der Waals surface area contributed by atoms with E-state index < -0.39 is 7.82 Å². The molecule has 1 aliphatic carbocycles. The van der Waals surface area contributed by atoms with E-state index in [0.29, 0.717) is 5.92 Å². The predicted molar refractivity (Wildman–Crippen MR) is 126 cm³/mol. The van der Waals surface area contributed by atoms with Crippen LogP contribution in [0.4, 0.5) is 0 Å². The Labute approximate surface area is 189 Å². The number of ether oxygens (including phenoxy) is 1. The zero-order chi connectivity index (χ0) is 22.8. The van der Waals surface area contributed by atoms with Crippen LogP contribution >= 0.6 is 7.82 Å². The van der Waals surface area contributed by atoms with Crippen molar-refractivity contribution in [2.24, 2.45) is 5.92 Å². The van der Waals surface area contributed by atoms with Gasteiger partial charge >= 0.3 is 7.82 Å². The third kappa shape index (κ3) is 15.9. The lowest BCUT2D eigenvalue weighted by Crippen LogP contribution is -2.34. The standard InChI is InChI=1S/C24H45O6P/c1-23-19-15-16-20-24(23,2)28-21-17-13-11-9-7-5-3-4-6-8-10-12-14-18-22-29-30-31(25,26)27/h15-16,19-20,23H,3-14,17-18,21-22H2,1-2H3,(H2,25,26,27). The van der Waals surface area contributed by atoms with Crippen molar-refractivity contribution in [1.82, 2.24) is 0 Å². The normalized spacial score (nSPS) is 21.1. The number of allylic oxidation sites excluding steroid dienone is 2. The van der Waals surface area contributed by atoms with E-state index in [1.54, 1.807) is 0 Å². The second-order valence-electron chi connectivity index (χ2n) is 8.90. The van der Waals surface area contributed by atoms with E-state index in [2.05, 4.69) is 47.7 Å². The van der Waals surface area contributed by atoms with E-state index in [4.69, 9.17) is 14.5 Å². The summed E-state index contributed by atoms with van der Waals surface area (Å²) >= 11 is 0. The van der Waals surface area contributed by atoms with Crippen LogP contribution in [0.5, 0.6) is 0 Å². The molecule has 0 saturated carbocycles. The first kappa shape index (κ1) is 28.5. The van der Waals surface area contributed by atoms with Crippen molar-refractivity contribution in [1.29, 1.82) is 0 Å².